The second-order valence-electron chi connectivity index (χ2n) is 6.37. The predicted molar refractivity (Wildman–Crippen MR) is 96.6 cm³/mol. The number of esters is 1. The maximum atomic E-state index is 14.3. The fourth-order valence-electron chi connectivity index (χ4n) is 2.94. The molecule has 0 aliphatic heterocycles. The first-order chi connectivity index (χ1) is 13.2. The van der Waals surface area contributed by atoms with Crippen LogP contribution in [0.4, 0.5) is 17.6 Å². The first-order valence-electron chi connectivity index (χ1n) is 8.84. The van der Waals surface area contributed by atoms with Gasteiger partial charge >= 0.3 is 12.1 Å². The minimum atomic E-state index is -4.59. The molecule has 0 amide bonds. The number of halogens is 4. The van der Waals surface area contributed by atoms with Gasteiger partial charge in [0.25, 0.3) is 0 Å². The van der Waals surface area contributed by atoms with Gasteiger partial charge in [-0.15, -0.1) is 0 Å². The Hall–Kier alpha value is -2.57. The molecule has 0 aromatic heterocycles. The first kappa shape index (κ1) is 21.7. The normalized spacial score (nSPS) is 11.4. The van der Waals surface area contributed by atoms with E-state index in [0.29, 0.717) is 23.1 Å². The van der Waals surface area contributed by atoms with E-state index in [-0.39, 0.29) is 30.8 Å². The quantitative estimate of drug-likeness (QED) is 0.463. The Kier molecular flexibility index (Phi) is 7.05. The minimum absolute atomic E-state index is 0.0328. The Morgan fingerprint density at radius 3 is 2.46 bits per heavy atom. The number of benzene rings is 2. The lowest BCUT2D eigenvalue weighted by molar-refractivity contribution is -0.141. The molecule has 0 unspecified atom stereocenters. The molecule has 152 valence electrons. The number of methoxy groups -OCH3 is 1. The molecular weight excluding hydrogens is 376 g/mol. The van der Waals surface area contributed by atoms with Gasteiger partial charge in [-0.25, -0.2) is 4.39 Å². The Balaban J connectivity index is 2.31. The lowest BCUT2D eigenvalue weighted by Gasteiger charge is -2.18. The van der Waals surface area contributed by atoms with Crippen LogP contribution in [0.5, 0.6) is 5.75 Å². The summed E-state index contributed by atoms with van der Waals surface area (Å²) in [5, 5.41) is 0. The number of aryl methyl sites for hydroxylation is 3. The van der Waals surface area contributed by atoms with Gasteiger partial charge in [-0.1, -0.05) is 19.1 Å². The van der Waals surface area contributed by atoms with Crippen molar-refractivity contribution in [3.63, 3.8) is 0 Å². The molecule has 3 nitrogen and oxygen atoms in total. The zero-order chi connectivity index (χ0) is 20.9. The highest BCUT2D eigenvalue weighted by molar-refractivity contribution is 5.69. The number of rotatable bonds is 7. The molecule has 2 rings (SSSR count). The number of ether oxygens (including phenoxy) is 2. The zero-order valence-corrected chi connectivity index (χ0v) is 16.0. The smallest absolute Gasteiger partial charge is 0.419 e. The topological polar surface area (TPSA) is 35.5 Å². The van der Waals surface area contributed by atoms with Crippen molar-refractivity contribution >= 4 is 5.97 Å². The van der Waals surface area contributed by atoms with Gasteiger partial charge in [0.05, 0.1) is 12.7 Å². The third-order valence-electron chi connectivity index (χ3n) is 4.54. The summed E-state index contributed by atoms with van der Waals surface area (Å²) in [6.07, 6.45) is -3.90. The largest absolute Gasteiger partial charge is 0.488 e. The molecule has 0 radical (unpaired) electrons. The van der Waals surface area contributed by atoms with E-state index in [9.17, 15) is 22.4 Å². The summed E-state index contributed by atoms with van der Waals surface area (Å²) < 4.78 is 64.5. The van der Waals surface area contributed by atoms with E-state index < -0.39 is 23.5 Å². The molecule has 0 aliphatic carbocycles. The third-order valence-corrected chi connectivity index (χ3v) is 4.54. The van der Waals surface area contributed by atoms with E-state index in [4.69, 9.17) is 4.74 Å². The van der Waals surface area contributed by atoms with Crippen molar-refractivity contribution in [2.24, 2.45) is 0 Å². The highest BCUT2D eigenvalue weighted by Gasteiger charge is 2.35. The fourth-order valence-corrected chi connectivity index (χ4v) is 2.94. The van der Waals surface area contributed by atoms with Crippen LogP contribution in [0.3, 0.4) is 0 Å². The summed E-state index contributed by atoms with van der Waals surface area (Å²) in [7, 11) is 1.25. The van der Waals surface area contributed by atoms with Gasteiger partial charge < -0.3 is 9.47 Å². The summed E-state index contributed by atoms with van der Waals surface area (Å²) in [6.45, 7) is 3.10. The molecule has 0 fully saturated rings. The molecule has 0 saturated heterocycles. The highest BCUT2D eigenvalue weighted by Crippen LogP contribution is 2.38. The number of alkyl halides is 3. The Bertz CT molecular complexity index is 844. The Morgan fingerprint density at radius 2 is 1.86 bits per heavy atom. The molecule has 0 heterocycles. The molecule has 0 N–H and O–H groups in total. The predicted octanol–water partition coefficient (Wildman–Crippen LogP) is 5.40. The van der Waals surface area contributed by atoms with Crippen LogP contribution in [-0.2, 0) is 35.2 Å². The molecule has 2 aromatic rings. The maximum Gasteiger partial charge on any atom is 0.419 e. The molecule has 7 heteroatoms. The summed E-state index contributed by atoms with van der Waals surface area (Å²) in [4.78, 5) is 11.3. The SMILES string of the molecule is CCc1cc(C(F)(F)F)c(OCc2c(F)cccc2CCC(=O)OC)cc1C. The molecular formula is C21H22F4O3. The van der Waals surface area contributed by atoms with E-state index in [0.717, 1.165) is 6.07 Å². The minimum Gasteiger partial charge on any atom is -0.488 e. The van der Waals surface area contributed by atoms with E-state index in [2.05, 4.69) is 4.74 Å². The fraction of sp³-hybridized carbons (Fsp3) is 0.381. The van der Waals surface area contributed by atoms with Crippen molar-refractivity contribution in [3.05, 3.63) is 64.0 Å². The van der Waals surface area contributed by atoms with Gasteiger partial charge in [0.2, 0.25) is 0 Å². The van der Waals surface area contributed by atoms with E-state index in [1.54, 1.807) is 19.9 Å². The molecule has 28 heavy (non-hydrogen) atoms. The van der Waals surface area contributed by atoms with Crippen LogP contribution in [0.2, 0.25) is 0 Å². The van der Waals surface area contributed by atoms with Crippen molar-refractivity contribution in [1.82, 2.24) is 0 Å². The van der Waals surface area contributed by atoms with Gasteiger partial charge in [-0.2, -0.15) is 13.2 Å². The lowest BCUT2D eigenvalue weighted by Crippen LogP contribution is -2.12. The van der Waals surface area contributed by atoms with Crippen molar-refractivity contribution in [2.45, 2.75) is 45.9 Å². The number of hydrogen-bond donors (Lipinski definition) is 0. The molecule has 0 spiro atoms. The highest BCUT2D eigenvalue weighted by atomic mass is 19.4. The molecule has 0 atom stereocenters. The van der Waals surface area contributed by atoms with E-state index >= 15 is 0 Å². The number of carbonyl (C=O) groups is 1. The lowest BCUT2D eigenvalue weighted by atomic mass is 10.0. The van der Waals surface area contributed by atoms with Crippen LogP contribution >= 0.6 is 0 Å². The van der Waals surface area contributed by atoms with Gasteiger partial charge in [-0.05, 0) is 54.7 Å². The summed E-state index contributed by atoms with van der Waals surface area (Å²) in [5.74, 6) is -1.40. The monoisotopic (exact) mass is 398 g/mol. The van der Waals surface area contributed by atoms with Crippen LogP contribution in [0.1, 0.15) is 41.2 Å². The van der Waals surface area contributed by atoms with Crippen LogP contribution in [0, 0.1) is 12.7 Å². The summed E-state index contributed by atoms with van der Waals surface area (Å²) in [6, 6.07) is 6.70. The Labute approximate surface area is 161 Å². The van der Waals surface area contributed by atoms with Gasteiger partial charge in [0, 0.05) is 12.0 Å². The second-order valence-corrected chi connectivity index (χ2v) is 6.37. The van der Waals surface area contributed by atoms with Crippen LogP contribution < -0.4 is 4.74 Å². The van der Waals surface area contributed by atoms with Gasteiger partial charge in [0.1, 0.15) is 18.2 Å². The third kappa shape index (κ3) is 5.24. The van der Waals surface area contributed by atoms with Crippen molar-refractivity contribution in [3.8, 4) is 5.75 Å². The van der Waals surface area contributed by atoms with Crippen molar-refractivity contribution in [2.75, 3.05) is 7.11 Å². The van der Waals surface area contributed by atoms with Crippen molar-refractivity contribution < 1.29 is 31.8 Å². The van der Waals surface area contributed by atoms with Gasteiger partial charge in [0.15, 0.2) is 0 Å². The molecule has 0 saturated carbocycles. The maximum absolute atomic E-state index is 14.3. The zero-order valence-electron chi connectivity index (χ0n) is 16.0. The molecule has 0 bridgehead atoms. The van der Waals surface area contributed by atoms with Crippen LogP contribution in [-0.4, -0.2) is 13.1 Å². The average molecular weight is 398 g/mol. The molecule has 0 aliphatic rings. The average Bonchev–Trinajstić information content (AvgIpc) is 2.64. The number of carbonyl (C=O) groups excluding carboxylic acids is 1. The van der Waals surface area contributed by atoms with Gasteiger partial charge in [-0.3, -0.25) is 4.79 Å². The second kappa shape index (κ2) is 9.08. The van der Waals surface area contributed by atoms with E-state index in [1.807, 2.05) is 0 Å². The summed E-state index contributed by atoms with van der Waals surface area (Å²) in [5.41, 5.74) is 0.967. The summed E-state index contributed by atoms with van der Waals surface area (Å²) >= 11 is 0. The van der Waals surface area contributed by atoms with Crippen LogP contribution in [0.15, 0.2) is 30.3 Å². The molecule has 2 aromatic carbocycles. The van der Waals surface area contributed by atoms with E-state index in [1.165, 1.54) is 25.3 Å². The Morgan fingerprint density at radius 1 is 1.14 bits per heavy atom. The number of hydrogen-bond acceptors (Lipinski definition) is 3. The van der Waals surface area contributed by atoms with Crippen LogP contribution in [0.25, 0.3) is 0 Å². The standard InChI is InChI=1S/C21H22F4O3/c1-4-14-11-17(21(23,24)25)19(10-13(14)2)28-12-16-15(6-5-7-18(16)22)8-9-20(26)27-3/h5-7,10-11H,4,8-9,12H2,1-3H3. The first-order valence-corrected chi connectivity index (χ1v) is 8.84. The van der Waals surface area contributed by atoms with Crippen molar-refractivity contribution in [1.29, 1.82) is 0 Å².